The summed E-state index contributed by atoms with van der Waals surface area (Å²) in [5.74, 6) is 0.165. The van der Waals surface area contributed by atoms with Crippen molar-refractivity contribution >= 4 is 17.5 Å². The zero-order valence-electron chi connectivity index (χ0n) is 10.7. The number of benzene rings is 1. The summed E-state index contributed by atoms with van der Waals surface area (Å²) in [6.07, 6.45) is 3.30. The third-order valence-corrected chi connectivity index (χ3v) is 2.84. The van der Waals surface area contributed by atoms with Gasteiger partial charge in [-0.3, -0.25) is 4.57 Å². The van der Waals surface area contributed by atoms with Crippen LogP contribution in [0.5, 0.6) is 0 Å². The number of hydrogen-bond acceptors (Lipinski definition) is 3. The third-order valence-electron chi connectivity index (χ3n) is 2.60. The highest BCUT2D eigenvalue weighted by Crippen LogP contribution is 2.21. The molecule has 1 aromatic heterocycles. The molecular weight excluding hydrogens is 269 g/mol. The molecule has 19 heavy (non-hydrogen) atoms. The van der Waals surface area contributed by atoms with Gasteiger partial charge in [0.2, 0.25) is 5.95 Å². The SMILES string of the molecule is COCC(C)Nc1nccn1-c1ccc(Cl)cc1F. The van der Waals surface area contributed by atoms with Gasteiger partial charge in [-0.25, -0.2) is 9.37 Å². The van der Waals surface area contributed by atoms with Crippen LogP contribution in [0.15, 0.2) is 30.6 Å². The van der Waals surface area contributed by atoms with Crippen molar-refractivity contribution in [3.63, 3.8) is 0 Å². The van der Waals surface area contributed by atoms with Crippen molar-refractivity contribution in [2.24, 2.45) is 0 Å². The molecule has 0 fully saturated rings. The summed E-state index contributed by atoms with van der Waals surface area (Å²) in [6.45, 7) is 2.50. The Bertz CT molecular complexity index is 559. The van der Waals surface area contributed by atoms with E-state index >= 15 is 0 Å². The molecular formula is C13H15ClFN3O. The smallest absolute Gasteiger partial charge is 0.207 e. The van der Waals surface area contributed by atoms with E-state index in [-0.39, 0.29) is 6.04 Å². The molecule has 0 aliphatic rings. The van der Waals surface area contributed by atoms with Crippen LogP contribution < -0.4 is 5.32 Å². The lowest BCUT2D eigenvalue weighted by Gasteiger charge is -2.15. The van der Waals surface area contributed by atoms with Gasteiger partial charge in [0.25, 0.3) is 0 Å². The predicted octanol–water partition coefficient (Wildman–Crippen LogP) is 3.11. The fraction of sp³-hybridized carbons (Fsp3) is 0.308. The number of halogens is 2. The van der Waals surface area contributed by atoms with E-state index in [4.69, 9.17) is 16.3 Å². The minimum absolute atomic E-state index is 0.0708. The molecule has 1 aromatic carbocycles. The summed E-state index contributed by atoms with van der Waals surface area (Å²) in [7, 11) is 1.63. The highest BCUT2D eigenvalue weighted by atomic mass is 35.5. The molecule has 2 aromatic rings. The summed E-state index contributed by atoms with van der Waals surface area (Å²) >= 11 is 5.75. The number of rotatable bonds is 5. The van der Waals surface area contributed by atoms with E-state index in [2.05, 4.69) is 10.3 Å². The van der Waals surface area contributed by atoms with E-state index in [9.17, 15) is 4.39 Å². The quantitative estimate of drug-likeness (QED) is 0.916. The Morgan fingerprint density at radius 1 is 1.53 bits per heavy atom. The van der Waals surface area contributed by atoms with Crippen molar-refractivity contribution in [3.05, 3.63) is 41.4 Å². The largest absolute Gasteiger partial charge is 0.383 e. The number of ether oxygens (including phenoxy) is 1. The molecule has 0 saturated carbocycles. The molecule has 0 spiro atoms. The summed E-state index contributed by atoms with van der Waals surface area (Å²) in [4.78, 5) is 4.17. The molecule has 0 radical (unpaired) electrons. The van der Waals surface area contributed by atoms with Crippen LogP contribution in [0.4, 0.5) is 10.3 Å². The Morgan fingerprint density at radius 2 is 2.32 bits per heavy atom. The Labute approximate surface area is 116 Å². The second kappa shape index (κ2) is 6.04. The van der Waals surface area contributed by atoms with E-state index in [1.165, 1.54) is 6.07 Å². The van der Waals surface area contributed by atoms with Gasteiger partial charge in [-0.1, -0.05) is 11.6 Å². The minimum atomic E-state index is -0.395. The van der Waals surface area contributed by atoms with Crippen molar-refractivity contribution in [2.75, 3.05) is 19.0 Å². The molecule has 4 nitrogen and oxygen atoms in total. The van der Waals surface area contributed by atoms with Gasteiger partial charge in [-0.15, -0.1) is 0 Å². The van der Waals surface area contributed by atoms with Gasteiger partial charge in [-0.05, 0) is 25.1 Å². The number of hydrogen-bond donors (Lipinski definition) is 1. The monoisotopic (exact) mass is 283 g/mol. The third kappa shape index (κ3) is 3.24. The number of methoxy groups -OCH3 is 1. The van der Waals surface area contributed by atoms with Crippen LogP contribution in [0.2, 0.25) is 5.02 Å². The predicted molar refractivity (Wildman–Crippen MR) is 73.5 cm³/mol. The van der Waals surface area contributed by atoms with Crippen molar-refractivity contribution in [3.8, 4) is 5.69 Å². The molecule has 1 atom stereocenters. The van der Waals surface area contributed by atoms with Crippen molar-refractivity contribution in [1.82, 2.24) is 9.55 Å². The minimum Gasteiger partial charge on any atom is -0.383 e. The maximum atomic E-state index is 13.9. The molecule has 102 valence electrons. The Balaban J connectivity index is 2.28. The van der Waals surface area contributed by atoms with Crippen LogP contribution in [0, 0.1) is 5.82 Å². The first-order valence-electron chi connectivity index (χ1n) is 5.86. The lowest BCUT2D eigenvalue weighted by atomic mass is 10.3. The van der Waals surface area contributed by atoms with Crippen LogP contribution in [0.25, 0.3) is 5.69 Å². The average Bonchev–Trinajstić information content (AvgIpc) is 2.77. The van der Waals surface area contributed by atoms with Gasteiger partial charge in [0.1, 0.15) is 5.82 Å². The maximum Gasteiger partial charge on any atom is 0.207 e. The molecule has 1 unspecified atom stereocenters. The Hall–Kier alpha value is -1.59. The second-order valence-electron chi connectivity index (χ2n) is 4.22. The molecule has 0 amide bonds. The van der Waals surface area contributed by atoms with Gasteiger partial charge in [0.15, 0.2) is 0 Å². The lowest BCUT2D eigenvalue weighted by Crippen LogP contribution is -2.23. The van der Waals surface area contributed by atoms with Gasteiger partial charge in [0.05, 0.1) is 12.3 Å². The second-order valence-corrected chi connectivity index (χ2v) is 4.65. The van der Waals surface area contributed by atoms with Gasteiger partial charge in [0, 0.05) is 30.6 Å². The zero-order chi connectivity index (χ0) is 13.8. The van der Waals surface area contributed by atoms with E-state index in [1.54, 1.807) is 36.2 Å². The summed E-state index contributed by atoms with van der Waals surface area (Å²) < 4.78 is 20.6. The molecule has 0 aliphatic carbocycles. The highest BCUT2D eigenvalue weighted by Gasteiger charge is 2.11. The van der Waals surface area contributed by atoms with E-state index in [0.717, 1.165) is 0 Å². The standard InChI is InChI=1S/C13H15ClFN3O/c1-9(8-19-2)17-13-16-5-6-18(13)12-4-3-10(14)7-11(12)15/h3-7,9H,8H2,1-2H3,(H,16,17). The summed E-state index contributed by atoms with van der Waals surface area (Å²) in [5, 5.41) is 3.52. The Kier molecular flexibility index (Phi) is 4.39. The van der Waals surface area contributed by atoms with Gasteiger partial charge >= 0.3 is 0 Å². The molecule has 0 aliphatic heterocycles. The number of nitrogens with one attached hydrogen (secondary N) is 1. The van der Waals surface area contributed by atoms with Crippen LogP contribution in [0.3, 0.4) is 0 Å². The molecule has 0 bridgehead atoms. The molecule has 1 N–H and O–H groups in total. The fourth-order valence-electron chi connectivity index (χ4n) is 1.79. The van der Waals surface area contributed by atoms with Crippen molar-refractivity contribution < 1.29 is 9.13 Å². The van der Waals surface area contributed by atoms with Gasteiger partial charge in [-0.2, -0.15) is 0 Å². The molecule has 2 rings (SSSR count). The maximum absolute atomic E-state index is 13.9. The topological polar surface area (TPSA) is 39.1 Å². The van der Waals surface area contributed by atoms with E-state index in [1.807, 2.05) is 6.92 Å². The summed E-state index contributed by atoms with van der Waals surface area (Å²) in [6, 6.07) is 4.61. The van der Waals surface area contributed by atoms with Crippen LogP contribution >= 0.6 is 11.6 Å². The summed E-state index contributed by atoms with van der Waals surface area (Å²) in [5.41, 5.74) is 0.397. The normalized spacial score (nSPS) is 12.4. The van der Waals surface area contributed by atoms with Gasteiger partial charge < -0.3 is 10.1 Å². The number of anilines is 1. The highest BCUT2D eigenvalue weighted by molar-refractivity contribution is 6.30. The first kappa shape index (κ1) is 13.8. The van der Waals surface area contributed by atoms with Crippen LogP contribution in [-0.4, -0.2) is 29.3 Å². The van der Waals surface area contributed by atoms with Crippen LogP contribution in [0.1, 0.15) is 6.92 Å². The fourth-order valence-corrected chi connectivity index (χ4v) is 1.95. The molecule has 0 saturated heterocycles. The number of nitrogens with zero attached hydrogens (tertiary/aromatic N) is 2. The lowest BCUT2D eigenvalue weighted by molar-refractivity contribution is 0.190. The number of aromatic nitrogens is 2. The van der Waals surface area contributed by atoms with E-state index in [0.29, 0.717) is 23.3 Å². The average molecular weight is 284 g/mol. The zero-order valence-corrected chi connectivity index (χ0v) is 11.5. The van der Waals surface area contributed by atoms with Crippen molar-refractivity contribution in [1.29, 1.82) is 0 Å². The van der Waals surface area contributed by atoms with Crippen molar-refractivity contribution in [2.45, 2.75) is 13.0 Å². The first-order chi connectivity index (χ1) is 9.11. The van der Waals surface area contributed by atoms with E-state index < -0.39 is 5.82 Å². The first-order valence-corrected chi connectivity index (χ1v) is 6.24. The molecule has 1 heterocycles. The number of imidazole rings is 1. The van der Waals surface area contributed by atoms with Crippen LogP contribution in [-0.2, 0) is 4.74 Å². The molecule has 6 heteroatoms. The Morgan fingerprint density at radius 3 is 3.00 bits per heavy atom.